The molecule has 0 spiro atoms. The van der Waals surface area contributed by atoms with Crippen LogP contribution in [0.2, 0.25) is 0 Å². The minimum Gasteiger partial charge on any atom is -0.451 e. The highest BCUT2D eigenvalue weighted by Crippen LogP contribution is 2.29. The summed E-state index contributed by atoms with van der Waals surface area (Å²) >= 11 is 0. The topological polar surface area (TPSA) is 59.5 Å². The van der Waals surface area contributed by atoms with Gasteiger partial charge >= 0.3 is 0 Å². The van der Waals surface area contributed by atoms with Gasteiger partial charge in [0.15, 0.2) is 5.76 Å². The maximum absolute atomic E-state index is 13.0. The molecule has 1 amide bonds. The first-order chi connectivity index (χ1) is 10.9. The molecule has 0 aliphatic carbocycles. The van der Waals surface area contributed by atoms with Gasteiger partial charge in [-0.05, 0) is 48.2 Å². The molecule has 6 heteroatoms. The quantitative estimate of drug-likeness (QED) is 0.896. The lowest BCUT2D eigenvalue weighted by Crippen LogP contribution is -2.53. The standard InChI is InChI=1S/C18H21FN2O2.ClH/c1-18(2)11-21(10-9-16(18)20)17(22)15-8-7-14(23-15)12-3-5-13(19)6-4-12;/h3-8,16H,9-11,20H2,1-2H3;1H. The van der Waals surface area contributed by atoms with Crippen LogP contribution >= 0.6 is 12.4 Å². The largest absolute Gasteiger partial charge is 0.451 e. The van der Waals surface area contributed by atoms with Crippen molar-refractivity contribution in [1.29, 1.82) is 0 Å². The number of carbonyl (C=O) groups excluding carboxylic acids is 1. The first kappa shape index (κ1) is 18.5. The summed E-state index contributed by atoms with van der Waals surface area (Å²) in [5, 5.41) is 0. The van der Waals surface area contributed by atoms with E-state index in [1.807, 2.05) is 0 Å². The maximum atomic E-state index is 13.0. The van der Waals surface area contributed by atoms with E-state index >= 15 is 0 Å². The van der Waals surface area contributed by atoms with Crippen molar-refractivity contribution in [2.45, 2.75) is 26.3 Å². The van der Waals surface area contributed by atoms with Crippen LogP contribution in [0.5, 0.6) is 0 Å². The van der Waals surface area contributed by atoms with Gasteiger partial charge in [0.05, 0.1) is 0 Å². The molecule has 130 valence electrons. The number of hydrogen-bond donors (Lipinski definition) is 1. The van der Waals surface area contributed by atoms with Crippen LogP contribution in [-0.4, -0.2) is 29.9 Å². The van der Waals surface area contributed by atoms with Gasteiger partial charge in [0.1, 0.15) is 11.6 Å². The van der Waals surface area contributed by atoms with E-state index in [2.05, 4.69) is 13.8 Å². The van der Waals surface area contributed by atoms with E-state index in [0.29, 0.717) is 24.6 Å². The second-order valence-corrected chi connectivity index (χ2v) is 6.78. The minimum atomic E-state index is -0.302. The van der Waals surface area contributed by atoms with Gasteiger partial charge < -0.3 is 15.1 Å². The van der Waals surface area contributed by atoms with E-state index < -0.39 is 0 Å². The Morgan fingerprint density at radius 3 is 2.54 bits per heavy atom. The van der Waals surface area contributed by atoms with Gasteiger partial charge in [0.2, 0.25) is 0 Å². The smallest absolute Gasteiger partial charge is 0.289 e. The zero-order valence-electron chi connectivity index (χ0n) is 13.8. The molecule has 1 atom stereocenters. The number of benzene rings is 1. The maximum Gasteiger partial charge on any atom is 0.289 e. The molecular formula is C18H22ClFN2O2. The molecule has 3 rings (SSSR count). The molecule has 2 N–H and O–H groups in total. The summed E-state index contributed by atoms with van der Waals surface area (Å²) in [5.74, 6) is 0.429. The summed E-state index contributed by atoms with van der Waals surface area (Å²) < 4.78 is 18.7. The molecule has 1 saturated heterocycles. The number of halogens is 2. The average Bonchev–Trinajstić information content (AvgIpc) is 3.00. The summed E-state index contributed by atoms with van der Waals surface area (Å²) in [6, 6.07) is 9.50. The lowest BCUT2D eigenvalue weighted by atomic mass is 9.79. The number of amides is 1. The molecule has 1 aliphatic heterocycles. The van der Waals surface area contributed by atoms with Crippen molar-refractivity contribution in [3.63, 3.8) is 0 Å². The number of carbonyl (C=O) groups is 1. The molecule has 0 radical (unpaired) electrons. The van der Waals surface area contributed by atoms with Gasteiger partial charge in [-0.1, -0.05) is 13.8 Å². The van der Waals surface area contributed by atoms with Crippen LogP contribution in [0.1, 0.15) is 30.8 Å². The number of likely N-dealkylation sites (tertiary alicyclic amines) is 1. The summed E-state index contributed by atoms with van der Waals surface area (Å²) in [6.45, 7) is 5.39. The summed E-state index contributed by atoms with van der Waals surface area (Å²) in [7, 11) is 0. The molecular weight excluding hydrogens is 331 g/mol. The van der Waals surface area contributed by atoms with Crippen LogP contribution in [0.4, 0.5) is 4.39 Å². The predicted octanol–water partition coefficient (Wildman–Crippen LogP) is 3.71. The first-order valence-electron chi connectivity index (χ1n) is 7.77. The third-order valence-corrected chi connectivity index (χ3v) is 4.54. The summed E-state index contributed by atoms with van der Waals surface area (Å²) in [4.78, 5) is 14.4. The molecule has 1 aromatic heterocycles. The third-order valence-electron chi connectivity index (χ3n) is 4.54. The number of hydrogen-bond acceptors (Lipinski definition) is 3. The lowest BCUT2D eigenvalue weighted by Gasteiger charge is -2.42. The van der Waals surface area contributed by atoms with Gasteiger partial charge in [0, 0.05) is 24.7 Å². The number of nitrogens with two attached hydrogens (primary N) is 1. The van der Waals surface area contributed by atoms with Crippen molar-refractivity contribution in [3.8, 4) is 11.3 Å². The fraction of sp³-hybridized carbons (Fsp3) is 0.389. The van der Waals surface area contributed by atoms with Gasteiger partial charge in [0.25, 0.3) is 5.91 Å². The molecule has 4 nitrogen and oxygen atoms in total. The van der Waals surface area contributed by atoms with Crippen molar-refractivity contribution < 1.29 is 13.6 Å². The fourth-order valence-electron chi connectivity index (χ4n) is 2.93. The van der Waals surface area contributed by atoms with E-state index in [1.165, 1.54) is 12.1 Å². The second kappa shape index (κ2) is 6.95. The predicted molar refractivity (Wildman–Crippen MR) is 93.6 cm³/mol. The van der Waals surface area contributed by atoms with Crippen LogP contribution in [0, 0.1) is 11.2 Å². The monoisotopic (exact) mass is 352 g/mol. The zero-order valence-corrected chi connectivity index (χ0v) is 14.6. The number of rotatable bonds is 2. The van der Waals surface area contributed by atoms with E-state index in [4.69, 9.17) is 10.2 Å². The molecule has 1 aromatic carbocycles. The third kappa shape index (κ3) is 3.62. The van der Waals surface area contributed by atoms with Crippen LogP contribution in [-0.2, 0) is 0 Å². The van der Waals surface area contributed by atoms with Crippen LogP contribution < -0.4 is 5.73 Å². The van der Waals surface area contributed by atoms with Crippen molar-refractivity contribution in [2.24, 2.45) is 11.1 Å². The highest BCUT2D eigenvalue weighted by molar-refractivity contribution is 5.92. The van der Waals surface area contributed by atoms with E-state index in [0.717, 1.165) is 12.0 Å². The number of nitrogens with zero attached hydrogens (tertiary/aromatic N) is 1. The Bertz CT molecular complexity index is 712. The molecule has 1 unspecified atom stereocenters. The van der Waals surface area contributed by atoms with Gasteiger partial charge in [-0.2, -0.15) is 0 Å². The summed E-state index contributed by atoms with van der Waals surface area (Å²) in [6.07, 6.45) is 0.782. The molecule has 0 saturated carbocycles. The lowest BCUT2D eigenvalue weighted by molar-refractivity contribution is 0.0504. The Morgan fingerprint density at radius 1 is 1.25 bits per heavy atom. The van der Waals surface area contributed by atoms with E-state index in [1.54, 1.807) is 29.2 Å². The first-order valence-corrected chi connectivity index (χ1v) is 7.77. The SMILES string of the molecule is CC1(C)CN(C(=O)c2ccc(-c3ccc(F)cc3)o2)CCC1N.Cl. The van der Waals surface area contributed by atoms with Gasteiger partial charge in [-0.15, -0.1) is 12.4 Å². The Labute approximate surface area is 147 Å². The van der Waals surface area contributed by atoms with Crippen molar-refractivity contribution in [2.75, 3.05) is 13.1 Å². The Balaban J connectivity index is 0.00000208. The highest BCUT2D eigenvalue weighted by Gasteiger charge is 2.36. The van der Waals surface area contributed by atoms with E-state index in [9.17, 15) is 9.18 Å². The molecule has 1 fully saturated rings. The normalized spacial score (nSPS) is 19.7. The Morgan fingerprint density at radius 2 is 1.92 bits per heavy atom. The minimum absolute atomic E-state index is 0. The average molecular weight is 353 g/mol. The van der Waals surface area contributed by atoms with Crippen LogP contribution in [0.15, 0.2) is 40.8 Å². The van der Waals surface area contributed by atoms with Crippen LogP contribution in [0.25, 0.3) is 11.3 Å². The van der Waals surface area contributed by atoms with Gasteiger partial charge in [-0.3, -0.25) is 4.79 Å². The molecule has 2 aromatic rings. The van der Waals surface area contributed by atoms with Crippen LogP contribution in [0.3, 0.4) is 0 Å². The van der Waals surface area contributed by atoms with Crippen molar-refractivity contribution >= 4 is 18.3 Å². The number of piperidine rings is 1. The van der Waals surface area contributed by atoms with Crippen molar-refractivity contribution in [1.82, 2.24) is 4.90 Å². The van der Waals surface area contributed by atoms with Gasteiger partial charge in [-0.25, -0.2) is 4.39 Å². The fourth-order valence-corrected chi connectivity index (χ4v) is 2.93. The Hall–Kier alpha value is -1.85. The molecule has 24 heavy (non-hydrogen) atoms. The van der Waals surface area contributed by atoms with Crippen molar-refractivity contribution in [3.05, 3.63) is 48.0 Å². The number of furan rings is 1. The molecule has 0 bridgehead atoms. The Kier molecular flexibility index (Phi) is 5.35. The van der Waals surface area contributed by atoms with E-state index in [-0.39, 0.29) is 35.6 Å². The molecule has 2 heterocycles. The zero-order chi connectivity index (χ0) is 16.6. The molecule has 1 aliphatic rings. The second-order valence-electron chi connectivity index (χ2n) is 6.78. The highest BCUT2D eigenvalue weighted by atomic mass is 35.5. The summed E-state index contributed by atoms with van der Waals surface area (Å²) in [5.41, 5.74) is 6.75.